The molecule has 0 fully saturated rings. The van der Waals surface area contributed by atoms with Crippen LogP contribution in [0.2, 0.25) is 0 Å². The zero-order valence-electron chi connectivity index (χ0n) is 10.1. The minimum absolute atomic E-state index is 0.00910. The topological polar surface area (TPSA) is 55.4 Å². The van der Waals surface area contributed by atoms with Crippen molar-refractivity contribution in [1.29, 1.82) is 0 Å². The molecule has 1 aliphatic rings. The highest BCUT2D eigenvalue weighted by Gasteiger charge is 2.28. The van der Waals surface area contributed by atoms with Gasteiger partial charge >= 0.3 is 5.97 Å². The number of rotatable bonds is 4. The van der Waals surface area contributed by atoms with Crippen molar-refractivity contribution in [2.24, 2.45) is 0 Å². The number of amides is 1. The Labute approximate surface area is 115 Å². The fourth-order valence-electron chi connectivity index (χ4n) is 2.07. The molecule has 0 saturated heterocycles. The molecule has 4 nitrogen and oxygen atoms in total. The predicted octanol–water partition coefficient (Wildman–Crippen LogP) is 2.55. The molecule has 0 unspecified atom stereocenters. The summed E-state index contributed by atoms with van der Waals surface area (Å²) in [5.41, 5.74) is 1.57. The first-order chi connectivity index (χ1) is 8.67. The third kappa shape index (κ3) is 2.54. The van der Waals surface area contributed by atoms with Crippen LogP contribution in [-0.2, 0) is 22.4 Å². The average Bonchev–Trinajstić information content (AvgIpc) is 2.88. The fourth-order valence-corrected chi connectivity index (χ4v) is 3.44. The highest BCUT2D eigenvalue weighted by molar-refractivity contribution is 7.81. The van der Waals surface area contributed by atoms with Crippen molar-refractivity contribution in [3.05, 3.63) is 16.0 Å². The number of hydrogen-bond acceptors (Lipinski definition) is 4. The van der Waals surface area contributed by atoms with Crippen LogP contribution >= 0.6 is 24.0 Å². The highest BCUT2D eigenvalue weighted by atomic mass is 32.1. The Hall–Kier alpha value is -1.01. The van der Waals surface area contributed by atoms with E-state index >= 15 is 0 Å². The Morgan fingerprint density at radius 1 is 1.44 bits per heavy atom. The van der Waals surface area contributed by atoms with Gasteiger partial charge in [0, 0.05) is 4.88 Å². The van der Waals surface area contributed by atoms with Gasteiger partial charge in [0.25, 0.3) is 0 Å². The number of ether oxygens (including phenoxy) is 1. The Balaban J connectivity index is 2.34. The van der Waals surface area contributed by atoms with Gasteiger partial charge in [-0.05, 0) is 31.7 Å². The van der Waals surface area contributed by atoms with Crippen LogP contribution in [0.1, 0.15) is 34.1 Å². The van der Waals surface area contributed by atoms with E-state index in [0.29, 0.717) is 17.2 Å². The average molecular weight is 284 g/mol. The number of anilines is 1. The van der Waals surface area contributed by atoms with E-state index < -0.39 is 0 Å². The smallest absolute Gasteiger partial charge is 0.341 e. The lowest BCUT2D eigenvalue weighted by Gasteiger charge is -2.06. The molecule has 6 heteroatoms. The van der Waals surface area contributed by atoms with E-state index in [0.717, 1.165) is 24.8 Å². The first-order valence-corrected chi connectivity index (χ1v) is 7.26. The normalized spacial score (nSPS) is 13.2. The lowest BCUT2D eigenvalue weighted by molar-refractivity contribution is -0.113. The summed E-state index contributed by atoms with van der Waals surface area (Å²) in [5, 5.41) is 3.29. The number of thiophene rings is 1. The molecule has 1 N–H and O–H groups in total. The zero-order valence-corrected chi connectivity index (χ0v) is 11.7. The van der Waals surface area contributed by atoms with Crippen molar-refractivity contribution in [3.8, 4) is 0 Å². The molecule has 2 rings (SSSR count). The van der Waals surface area contributed by atoms with Crippen molar-refractivity contribution in [2.45, 2.75) is 26.2 Å². The van der Waals surface area contributed by atoms with Crippen LogP contribution in [0.5, 0.6) is 0 Å². The molecule has 1 aliphatic carbocycles. The van der Waals surface area contributed by atoms with Crippen LogP contribution in [0.25, 0.3) is 0 Å². The maximum atomic E-state index is 12.0. The molecule has 0 spiro atoms. The molecule has 0 aliphatic heterocycles. The standard InChI is InChI=1S/C12H14NO3S2/c1-2-16-12(15)10-7-4-3-5-8(7)18-11(10)13-9(14)6-17/h2-6H2,1H3,(H,13,14). The first-order valence-electron chi connectivity index (χ1n) is 5.87. The summed E-state index contributed by atoms with van der Waals surface area (Å²) < 4.78 is 5.06. The monoisotopic (exact) mass is 284 g/mol. The number of esters is 1. The summed E-state index contributed by atoms with van der Waals surface area (Å²) in [6.07, 6.45) is 2.91. The van der Waals surface area contributed by atoms with Crippen molar-refractivity contribution in [3.63, 3.8) is 0 Å². The molecule has 0 bridgehead atoms. The van der Waals surface area contributed by atoms with Crippen molar-refractivity contribution >= 4 is 40.8 Å². The molecule has 1 radical (unpaired) electrons. The number of carbonyl (C=O) groups is 2. The maximum Gasteiger partial charge on any atom is 0.341 e. The van der Waals surface area contributed by atoms with Crippen molar-refractivity contribution < 1.29 is 14.3 Å². The van der Waals surface area contributed by atoms with Crippen LogP contribution in [-0.4, -0.2) is 24.2 Å². The molecule has 1 aromatic rings. The number of carbonyl (C=O) groups excluding carboxylic acids is 2. The van der Waals surface area contributed by atoms with Gasteiger partial charge < -0.3 is 10.1 Å². The Morgan fingerprint density at radius 3 is 2.89 bits per heavy atom. The fraction of sp³-hybridized carbons (Fsp3) is 0.500. The van der Waals surface area contributed by atoms with E-state index in [-0.39, 0.29) is 17.6 Å². The van der Waals surface area contributed by atoms with Gasteiger partial charge in [-0.3, -0.25) is 4.79 Å². The van der Waals surface area contributed by atoms with E-state index in [2.05, 4.69) is 5.32 Å². The van der Waals surface area contributed by atoms with Crippen LogP contribution in [0, 0.1) is 0 Å². The zero-order chi connectivity index (χ0) is 13.1. The molecule has 1 amide bonds. The van der Waals surface area contributed by atoms with Gasteiger partial charge in [0.2, 0.25) is 5.91 Å². The van der Waals surface area contributed by atoms with Crippen LogP contribution in [0.15, 0.2) is 0 Å². The van der Waals surface area contributed by atoms with Crippen LogP contribution < -0.4 is 5.32 Å². The van der Waals surface area contributed by atoms with Gasteiger partial charge in [-0.2, -0.15) is 0 Å². The van der Waals surface area contributed by atoms with Crippen LogP contribution in [0.3, 0.4) is 0 Å². The number of hydrogen-bond donors (Lipinski definition) is 1. The second kappa shape index (κ2) is 5.75. The minimum Gasteiger partial charge on any atom is -0.462 e. The summed E-state index contributed by atoms with van der Waals surface area (Å²) in [6, 6.07) is 0. The van der Waals surface area contributed by atoms with E-state index in [1.165, 1.54) is 16.2 Å². The van der Waals surface area contributed by atoms with E-state index in [1.807, 2.05) is 0 Å². The van der Waals surface area contributed by atoms with Gasteiger partial charge in [0.1, 0.15) is 5.00 Å². The van der Waals surface area contributed by atoms with Gasteiger partial charge in [0.15, 0.2) is 0 Å². The van der Waals surface area contributed by atoms with Gasteiger partial charge in [-0.25, -0.2) is 4.79 Å². The summed E-state index contributed by atoms with van der Waals surface area (Å²) in [4.78, 5) is 24.5. The molecule has 0 saturated carbocycles. The quantitative estimate of drug-likeness (QED) is 0.864. The molecule has 0 atom stereocenters. The van der Waals surface area contributed by atoms with Crippen molar-refractivity contribution in [1.82, 2.24) is 0 Å². The van der Waals surface area contributed by atoms with Crippen LogP contribution in [0.4, 0.5) is 5.00 Å². The van der Waals surface area contributed by atoms with E-state index in [1.54, 1.807) is 6.92 Å². The Bertz CT molecular complexity index is 482. The second-order valence-corrected chi connectivity index (χ2v) is 5.37. The second-order valence-electron chi connectivity index (χ2n) is 3.97. The maximum absolute atomic E-state index is 12.0. The summed E-state index contributed by atoms with van der Waals surface area (Å²) in [5.74, 6) is -0.614. The number of fused-ring (bicyclic) bond motifs is 1. The number of nitrogens with one attached hydrogen (secondary N) is 1. The van der Waals surface area contributed by atoms with E-state index in [4.69, 9.17) is 17.4 Å². The lowest BCUT2D eigenvalue weighted by Crippen LogP contribution is -2.15. The Kier molecular flexibility index (Phi) is 4.29. The predicted molar refractivity (Wildman–Crippen MR) is 73.4 cm³/mol. The Morgan fingerprint density at radius 2 is 2.22 bits per heavy atom. The molecule has 0 aromatic carbocycles. The molecular formula is C12H14NO3S2. The molecular weight excluding hydrogens is 270 g/mol. The van der Waals surface area contributed by atoms with Gasteiger partial charge in [-0.15, -0.1) is 11.3 Å². The summed E-state index contributed by atoms with van der Waals surface area (Å²) in [7, 11) is 0. The van der Waals surface area contributed by atoms with E-state index in [9.17, 15) is 9.59 Å². The van der Waals surface area contributed by atoms with Gasteiger partial charge in [0.05, 0.1) is 17.9 Å². The molecule has 1 heterocycles. The third-order valence-corrected chi connectivity index (χ3v) is 4.25. The van der Waals surface area contributed by atoms with Gasteiger partial charge in [-0.1, -0.05) is 12.6 Å². The highest BCUT2D eigenvalue weighted by Crippen LogP contribution is 2.39. The lowest BCUT2D eigenvalue weighted by atomic mass is 10.1. The number of aryl methyl sites for hydroxylation is 1. The minimum atomic E-state index is -0.350. The molecule has 1 aromatic heterocycles. The SMILES string of the molecule is CCOC(=O)c1c(NC(=O)C[S])sc2c1CCC2. The summed E-state index contributed by atoms with van der Waals surface area (Å²) >= 11 is 6.16. The first kappa shape index (κ1) is 13.4. The molecule has 97 valence electrons. The molecule has 18 heavy (non-hydrogen) atoms. The third-order valence-electron chi connectivity index (χ3n) is 2.78. The van der Waals surface area contributed by atoms with Crippen molar-refractivity contribution in [2.75, 3.05) is 17.7 Å². The summed E-state index contributed by atoms with van der Waals surface area (Å²) in [6.45, 7) is 2.10. The largest absolute Gasteiger partial charge is 0.462 e.